The van der Waals surface area contributed by atoms with Gasteiger partial charge in [0.05, 0.1) is 23.6 Å². The number of esters is 1. The SMILES string of the molecule is CC(C)CC1C(=O)O[C@H](C)[C@H](NC(=O)c2ccccc2O)C(=O)N[C@@H](Cc2c(F)nc(F)c(F)c2F)[C@@H](O)[C@@H](C)C(=O)N1C. The van der Waals surface area contributed by atoms with Crippen LogP contribution >= 0.6 is 0 Å². The van der Waals surface area contributed by atoms with E-state index in [4.69, 9.17) is 4.74 Å². The smallest absolute Gasteiger partial charge is 0.329 e. The summed E-state index contributed by atoms with van der Waals surface area (Å²) in [6, 6.07) is 0.717. The molecule has 1 aromatic carbocycles. The first-order chi connectivity index (χ1) is 20.5. The Morgan fingerprint density at radius 2 is 1.73 bits per heavy atom. The molecule has 1 aromatic heterocycles. The quantitative estimate of drug-likeness (QED) is 0.215. The fourth-order valence-corrected chi connectivity index (χ4v) is 4.88. The van der Waals surface area contributed by atoms with Crippen LogP contribution in [0.2, 0.25) is 0 Å². The molecule has 2 aromatic rings. The second-order valence-electron chi connectivity index (χ2n) is 11.1. The minimum Gasteiger partial charge on any atom is -0.507 e. The predicted molar refractivity (Wildman–Crippen MR) is 146 cm³/mol. The number of pyridine rings is 1. The standard InChI is InChI=1S/C29H34F4N4O7/c1-12(2)10-18-29(43)44-14(4)22(35-26(40)15-8-6-7-9-19(15)38)27(41)34-17(23(39)13(3)28(42)37(18)5)11-16-20(30)21(31)25(33)36-24(16)32/h6-9,12-14,17-18,22-23,38-39H,10-11H2,1-5H3,(H,34,41)(H,35,40)/t13-,14-,17+,18?,22+,23+/m1/s1. The maximum Gasteiger partial charge on any atom is 0.329 e. The van der Waals surface area contributed by atoms with Crippen LogP contribution in [-0.4, -0.2) is 81.2 Å². The summed E-state index contributed by atoms with van der Waals surface area (Å²) in [4.78, 5) is 57.1. The number of hydrogen-bond donors (Lipinski definition) is 4. The van der Waals surface area contributed by atoms with Crippen molar-refractivity contribution in [3.63, 3.8) is 0 Å². The summed E-state index contributed by atoms with van der Waals surface area (Å²) < 4.78 is 62.2. The van der Waals surface area contributed by atoms with Crippen LogP contribution in [0.5, 0.6) is 5.75 Å². The molecule has 1 aliphatic heterocycles. The van der Waals surface area contributed by atoms with E-state index in [2.05, 4.69) is 15.6 Å². The van der Waals surface area contributed by atoms with E-state index >= 15 is 0 Å². The van der Waals surface area contributed by atoms with Crippen LogP contribution in [0.1, 0.15) is 50.0 Å². The lowest BCUT2D eigenvalue weighted by Gasteiger charge is -2.36. The lowest BCUT2D eigenvalue weighted by atomic mass is 9.90. The van der Waals surface area contributed by atoms with E-state index in [9.17, 15) is 47.0 Å². The molecule has 1 fully saturated rings. The molecule has 240 valence electrons. The van der Waals surface area contributed by atoms with Gasteiger partial charge in [0.1, 0.15) is 23.9 Å². The van der Waals surface area contributed by atoms with Crippen molar-refractivity contribution in [1.29, 1.82) is 0 Å². The number of phenols is 1. The largest absolute Gasteiger partial charge is 0.507 e. The number of hydrogen-bond acceptors (Lipinski definition) is 8. The van der Waals surface area contributed by atoms with Crippen LogP contribution in [0, 0.1) is 35.4 Å². The number of aliphatic hydroxyl groups is 1. The number of likely N-dealkylation sites (N-methyl/N-ethyl adjacent to an activating group) is 1. The second-order valence-corrected chi connectivity index (χ2v) is 11.1. The Labute approximate surface area is 250 Å². The number of benzene rings is 1. The Morgan fingerprint density at radius 1 is 1.09 bits per heavy atom. The van der Waals surface area contributed by atoms with Gasteiger partial charge in [0.2, 0.25) is 23.6 Å². The predicted octanol–water partition coefficient (Wildman–Crippen LogP) is 1.98. The summed E-state index contributed by atoms with van der Waals surface area (Å²) in [5.74, 6) is -13.6. The zero-order valence-electron chi connectivity index (χ0n) is 24.6. The first-order valence-corrected chi connectivity index (χ1v) is 13.8. The van der Waals surface area contributed by atoms with Gasteiger partial charge in [-0.15, -0.1) is 0 Å². The molecule has 6 atom stereocenters. The molecule has 11 nitrogen and oxygen atoms in total. The van der Waals surface area contributed by atoms with Crippen molar-refractivity contribution in [2.45, 2.75) is 70.9 Å². The fourth-order valence-electron chi connectivity index (χ4n) is 4.88. The van der Waals surface area contributed by atoms with E-state index < -0.39 is 101 Å². The van der Waals surface area contributed by atoms with Gasteiger partial charge in [-0.1, -0.05) is 32.9 Å². The maximum absolute atomic E-state index is 14.6. The molecule has 1 aliphatic rings. The number of nitrogens with zero attached hydrogens (tertiary/aromatic N) is 2. The van der Waals surface area contributed by atoms with Crippen molar-refractivity contribution in [3.8, 4) is 5.75 Å². The van der Waals surface area contributed by atoms with Crippen molar-refractivity contribution in [2.24, 2.45) is 11.8 Å². The number of aliphatic hydroxyl groups excluding tert-OH is 1. The molecule has 3 amide bonds. The van der Waals surface area contributed by atoms with E-state index in [1.54, 1.807) is 13.8 Å². The zero-order chi connectivity index (χ0) is 33.0. The molecule has 4 N–H and O–H groups in total. The van der Waals surface area contributed by atoms with Crippen LogP contribution in [0.4, 0.5) is 17.6 Å². The highest BCUT2D eigenvalue weighted by Crippen LogP contribution is 2.24. The average molecular weight is 627 g/mol. The maximum atomic E-state index is 14.6. The number of nitrogens with one attached hydrogen (secondary N) is 2. The van der Waals surface area contributed by atoms with Crippen LogP contribution in [0.15, 0.2) is 24.3 Å². The Bertz CT molecular complexity index is 1430. The molecule has 0 aliphatic carbocycles. The molecule has 3 rings (SSSR count). The number of rotatable bonds is 6. The third-order valence-corrected chi connectivity index (χ3v) is 7.42. The monoisotopic (exact) mass is 626 g/mol. The molecular weight excluding hydrogens is 592 g/mol. The number of halogens is 4. The third kappa shape index (κ3) is 7.44. The van der Waals surface area contributed by atoms with Crippen molar-refractivity contribution in [1.82, 2.24) is 20.5 Å². The van der Waals surface area contributed by atoms with Crippen molar-refractivity contribution >= 4 is 23.7 Å². The van der Waals surface area contributed by atoms with Gasteiger partial charge in [0.25, 0.3) is 11.9 Å². The molecule has 44 heavy (non-hydrogen) atoms. The van der Waals surface area contributed by atoms with E-state index in [0.29, 0.717) is 0 Å². The highest BCUT2D eigenvalue weighted by atomic mass is 19.2. The molecule has 1 unspecified atom stereocenters. The van der Waals surface area contributed by atoms with E-state index in [1.165, 1.54) is 45.2 Å². The lowest BCUT2D eigenvalue weighted by Crippen LogP contribution is -2.61. The summed E-state index contributed by atoms with van der Waals surface area (Å²) in [6.45, 7) is 6.06. The topological polar surface area (TPSA) is 158 Å². The number of aromatic hydroxyl groups is 1. The number of aromatic nitrogens is 1. The van der Waals surface area contributed by atoms with Gasteiger partial charge in [0, 0.05) is 19.0 Å². The van der Waals surface area contributed by atoms with Crippen LogP contribution < -0.4 is 10.6 Å². The highest BCUT2D eigenvalue weighted by molar-refractivity contribution is 6.00. The molecule has 0 saturated carbocycles. The summed E-state index contributed by atoms with van der Waals surface area (Å²) in [5.41, 5.74) is -1.37. The summed E-state index contributed by atoms with van der Waals surface area (Å²) >= 11 is 0. The molecule has 2 heterocycles. The number of para-hydroxylation sites is 1. The summed E-state index contributed by atoms with van der Waals surface area (Å²) in [7, 11) is 1.29. The third-order valence-electron chi connectivity index (χ3n) is 7.42. The Kier molecular flexibility index (Phi) is 10.9. The van der Waals surface area contributed by atoms with E-state index in [1.807, 2.05) is 0 Å². The molecular formula is C29H34F4N4O7. The fraction of sp³-hybridized carbons (Fsp3) is 0.483. The van der Waals surface area contributed by atoms with Gasteiger partial charge in [-0.2, -0.15) is 18.2 Å². The number of amides is 3. The lowest BCUT2D eigenvalue weighted by molar-refractivity contribution is -0.163. The van der Waals surface area contributed by atoms with Crippen LogP contribution in [0.25, 0.3) is 0 Å². The van der Waals surface area contributed by atoms with Gasteiger partial charge < -0.3 is 30.5 Å². The number of phenolic OH excluding ortho intramolecular Hbond substituents is 1. The van der Waals surface area contributed by atoms with E-state index in [-0.39, 0.29) is 17.9 Å². The van der Waals surface area contributed by atoms with E-state index in [0.717, 1.165) is 4.90 Å². The Balaban J connectivity index is 2.11. The van der Waals surface area contributed by atoms with Crippen LogP contribution in [0.3, 0.4) is 0 Å². The second kappa shape index (κ2) is 14.0. The van der Waals surface area contributed by atoms with Crippen molar-refractivity contribution in [3.05, 3.63) is 58.9 Å². The van der Waals surface area contributed by atoms with Crippen molar-refractivity contribution in [2.75, 3.05) is 7.05 Å². The first kappa shape index (κ1) is 34.2. The number of cyclic esters (lactones) is 1. The molecule has 15 heteroatoms. The Hall–Kier alpha value is -4.27. The van der Waals surface area contributed by atoms with Gasteiger partial charge >= 0.3 is 5.97 Å². The number of carbonyl (C=O) groups excluding carboxylic acids is 4. The van der Waals surface area contributed by atoms with Crippen molar-refractivity contribution < 1.29 is 51.7 Å². The molecule has 0 bridgehead atoms. The molecule has 1 saturated heterocycles. The Morgan fingerprint density at radius 3 is 2.34 bits per heavy atom. The van der Waals surface area contributed by atoms with Gasteiger partial charge in [-0.05, 0) is 31.4 Å². The normalized spacial score (nSPS) is 25.2. The number of ether oxygens (including phenoxy) is 1. The summed E-state index contributed by atoms with van der Waals surface area (Å²) in [6.07, 6.45) is -4.22. The molecule has 0 radical (unpaired) electrons. The zero-order valence-corrected chi connectivity index (χ0v) is 24.6. The highest BCUT2D eigenvalue weighted by Gasteiger charge is 2.42. The molecule has 0 spiro atoms. The minimum absolute atomic E-state index is 0.109. The first-order valence-electron chi connectivity index (χ1n) is 13.8. The summed E-state index contributed by atoms with van der Waals surface area (Å²) in [5, 5.41) is 26.0. The number of carbonyl (C=O) groups is 4. The average Bonchev–Trinajstić information content (AvgIpc) is 2.96. The van der Waals surface area contributed by atoms with Gasteiger partial charge in [0.15, 0.2) is 5.82 Å². The van der Waals surface area contributed by atoms with Crippen LogP contribution in [-0.2, 0) is 25.5 Å². The minimum atomic E-state index is -2.09. The van der Waals surface area contributed by atoms with Gasteiger partial charge in [-0.3, -0.25) is 14.4 Å². The van der Waals surface area contributed by atoms with Gasteiger partial charge in [-0.25, -0.2) is 9.18 Å².